The van der Waals surface area contributed by atoms with E-state index in [2.05, 4.69) is 5.32 Å². The first-order valence-electron chi connectivity index (χ1n) is 5.56. The summed E-state index contributed by atoms with van der Waals surface area (Å²) in [6.45, 7) is 3.24. The maximum Gasteiger partial charge on any atom is 0.194 e. The van der Waals surface area contributed by atoms with Crippen molar-refractivity contribution in [1.29, 1.82) is 0 Å². The van der Waals surface area contributed by atoms with Crippen molar-refractivity contribution >= 4 is 0 Å². The van der Waals surface area contributed by atoms with Crippen LogP contribution in [0.25, 0.3) is 0 Å². The molecule has 1 saturated heterocycles. The highest BCUT2D eigenvalue weighted by Crippen LogP contribution is 2.18. The highest BCUT2D eigenvalue weighted by atomic mass is 19.2. The second-order valence-electron chi connectivity index (χ2n) is 4.27. The molecule has 0 spiro atoms. The summed E-state index contributed by atoms with van der Waals surface area (Å²) in [6.07, 6.45) is 0.0700. The molecule has 1 aliphatic rings. The molecule has 1 heterocycles. The molecule has 2 atom stereocenters. The van der Waals surface area contributed by atoms with Gasteiger partial charge in [0.1, 0.15) is 0 Å². The van der Waals surface area contributed by atoms with Crippen molar-refractivity contribution in [3.63, 3.8) is 0 Å². The average molecular weight is 245 g/mol. The van der Waals surface area contributed by atoms with Crippen LogP contribution in [-0.2, 0) is 11.2 Å². The molecule has 1 fully saturated rings. The number of hydrogen-bond acceptors (Lipinski definition) is 2. The zero-order valence-electron chi connectivity index (χ0n) is 9.47. The van der Waals surface area contributed by atoms with Crippen LogP contribution in [0.15, 0.2) is 12.1 Å². The summed E-state index contributed by atoms with van der Waals surface area (Å²) in [4.78, 5) is 0. The fourth-order valence-electron chi connectivity index (χ4n) is 1.96. The fraction of sp³-hybridized carbons (Fsp3) is 0.500. The van der Waals surface area contributed by atoms with E-state index < -0.39 is 17.5 Å². The SMILES string of the molecule is CC1CNCC(Cc2ccc(F)c(F)c2F)O1. The minimum atomic E-state index is -1.42. The Labute approximate surface area is 97.8 Å². The molecule has 0 aromatic heterocycles. The summed E-state index contributed by atoms with van der Waals surface area (Å²) in [7, 11) is 0. The average Bonchev–Trinajstić information content (AvgIpc) is 2.30. The minimum Gasteiger partial charge on any atom is -0.372 e. The van der Waals surface area contributed by atoms with Crippen molar-refractivity contribution in [3.05, 3.63) is 35.1 Å². The number of halogens is 3. The number of hydrogen-bond donors (Lipinski definition) is 1. The molecule has 2 unspecified atom stereocenters. The molecule has 0 bridgehead atoms. The smallest absolute Gasteiger partial charge is 0.194 e. The van der Waals surface area contributed by atoms with Gasteiger partial charge in [0, 0.05) is 19.5 Å². The third-order valence-corrected chi connectivity index (χ3v) is 2.79. The molecule has 17 heavy (non-hydrogen) atoms. The predicted octanol–water partition coefficient (Wildman–Crippen LogP) is 2.02. The lowest BCUT2D eigenvalue weighted by molar-refractivity contribution is -0.0266. The van der Waals surface area contributed by atoms with Crippen LogP contribution < -0.4 is 5.32 Å². The Morgan fingerprint density at radius 3 is 2.71 bits per heavy atom. The standard InChI is InChI=1S/C12H14F3NO/c1-7-5-16-6-9(17-7)4-8-2-3-10(13)12(15)11(8)14/h2-3,7,9,16H,4-6H2,1H3. The van der Waals surface area contributed by atoms with Gasteiger partial charge in [0.15, 0.2) is 17.5 Å². The predicted molar refractivity (Wildman–Crippen MR) is 57.2 cm³/mol. The second-order valence-corrected chi connectivity index (χ2v) is 4.27. The second kappa shape index (κ2) is 5.06. The summed E-state index contributed by atoms with van der Waals surface area (Å²) in [5.74, 6) is -3.70. The molecule has 2 rings (SSSR count). The van der Waals surface area contributed by atoms with Gasteiger partial charge in [-0.15, -0.1) is 0 Å². The van der Waals surface area contributed by atoms with Crippen molar-refractivity contribution < 1.29 is 17.9 Å². The molecular formula is C12H14F3NO. The molecule has 1 aromatic carbocycles. The third-order valence-electron chi connectivity index (χ3n) is 2.79. The normalized spacial score (nSPS) is 24.9. The van der Waals surface area contributed by atoms with Crippen LogP contribution in [0, 0.1) is 17.5 Å². The first-order chi connectivity index (χ1) is 8.08. The maximum absolute atomic E-state index is 13.4. The van der Waals surface area contributed by atoms with Gasteiger partial charge in [-0.2, -0.15) is 0 Å². The van der Waals surface area contributed by atoms with Gasteiger partial charge < -0.3 is 10.1 Å². The molecule has 0 saturated carbocycles. The summed E-state index contributed by atoms with van der Waals surface area (Å²) in [6, 6.07) is 2.20. The van der Waals surface area contributed by atoms with Gasteiger partial charge in [-0.1, -0.05) is 6.07 Å². The van der Waals surface area contributed by atoms with Gasteiger partial charge in [0.2, 0.25) is 0 Å². The number of morpholine rings is 1. The highest BCUT2D eigenvalue weighted by Gasteiger charge is 2.22. The Morgan fingerprint density at radius 2 is 2.00 bits per heavy atom. The van der Waals surface area contributed by atoms with Crippen LogP contribution in [0.5, 0.6) is 0 Å². The van der Waals surface area contributed by atoms with Gasteiger partial charge in [-0.05, 0) is 18.6 Å². The Hall–Kier alpha value is -1.07. The van der Waals surface area contributed by atoms with E-state index in [1.54, 1.807) is 0 Å². The number of benzene rings is 1. The van der Waals surface area contributed by atoms with E-state index >= 15 is 0 Å². The van der Waals surface area contributed by atoms with E-state index in [1.807, 2.05) is 6.92 Å². The van der Waals surface area contributed by atoms with Crippen molar-refractivity contribution in [2.45, 2.75) is 25.6 Å². The van der Waals surface area contributed by atoms with Crippen LogP contribution in [0.2, 0.25) is 0 Å². The van der Waals surface area contributed by atoms with E-state index in [9.17, 15) is 13.2 Å². The first kappa shape index (κ1) is 12.4. The molecule has 94 valence electrons. The molecule has 1 aromatic rings. The molecule has 0 aliphatic carbocycles. The van der Waals surface area contributed by atoms with E-state index in [0.717, 1.165) is 12.6 Å². The van der Waals surface area contributed by atoms with Crippen LogP contribution in [0.4, 0.5) is 13.2 Å². The van der Waals surface area contributed by atoms with Gasteiger partial charge in [0.05, 0.1) is 12.2 Å². The Bertz CT molecular complexity index is 411. The molecule has 1 N–H and O–H groups in total. The Kier molecular flexibility index (Phi) is 3.69. The lowest BCUT2D eigenvalue weighted by Crippen LogP contribution is -2.44. The van der Waals surface area contributed by atoms with Crippen molar-refractivity contribution in [2.75, 3.05) is 13.1 Å². The summed E-state index contributed by atoms with van der Waals surface area (Å²) in [5.41, 5.74) is 0.143. The largest absolute Gasteiger partial charge is 0.372 e. The molecule has 1 aliphatic heterocycles. The van der Waals surface area contributed by atoms with Gasteiger partial charge in [-0.3, -0.25) is 0 Å². The monoisotopic (exact) mass is 245 g/mol. The quantitative estimate of drug-likeness (QED) is 0.805. The maximum atomic E-state index is 13.4. The van der Waals surface area contributed by atoms with Crippen molar-refractivity contribution in [3.8, 4) is 0 Å². The third kappa shape index (κ3) is 2.79. The van der Waals surface area contributed by atoms with E-state index in [-0.39, 0.29) is 24.2 Å². The lowest BCUT2D eigenvalue weighted by atomic mass is 10.1. The van der Waals surface area contributed by atoms with E-state index in [1.165, 1.54) is 6.07 Å². The first-order valence-corrected chi connectivity index (χ1v) is 5.56. The zero-order valence-corrected chi connectivity index (χ0v) is 9.47. The van der Waals surface area contributed by atoms with E-state index in [4.69, 9.17) is 4.74 Å². The van der Waals surface area contributed by atoms with Crippen molar-refractivity contribution in [2.24, 2.45) is 0 Å². The van der Waals surface area contributed by atoms with Crippen LogP contribution >= 0.6 is 0 Å². The lowest BCUT2D eigenvalue weighted by Gasteiger charge is -2.28. The highest BCUT2D eigenvalue weighted by molar-refractivity contribution is 5.21. The molecule has 0 amide bonds. The molecule has 5 heteroatoms. The number of rotatable bonds is 2. The van der Waals surface area contributed by atoms with Crippen LogP contribution in [0.1, 0.15) is 12.5 Å². The van der Waals surface area contributed by atoms with Crippen LogP contribution in [-0.4, -0.2) is 25.3 Å². The molecule has 0 radical (unpaired) electrons. The van der Waals surface area contributed by atoms with Gasteiger partial charge >= 0.3 is 0 Å². The number of nitrogens with one attached hydrogen (secondary N) is 1. The summed E-state index contributed by atoms with van der Waals surface area (Å²) >= 11 is 0. The van der Waals surface area contributed by atoms with E-state index in [0.29, 0.717) is 6.54 Å². The fourth-order valence-corrected chi connectivity index (χ4v) is 1.96. The van der Waals surface area contributed by atoms with Gasteiger partial charge in [-0.25, -0.2) is 13.2 Å². The topological polar surface area (TPSA) is 21.3 Å². The van der Waals surface area contributed by atoms with Crippen LogP contribution in [0.3, 0.4) is 0 Å². The van der Waals surface area contributed by atoms with Gasteiger partial charge in [0.25, 0.3) is 0 Å². The molecule has 2 nitrogen and oxygen atoms in total. The Balaban J connectivity index is 2.10. The zero-order chi connectivity index (χ0) is 12.4. The molecular weight excluding hydrogens is 231 g/mol. The summed E-state index contributed by atoms with van der Waals surface area (Å²) < 4.78 is 44.8. The number of ether oxygens (including phenoxy) is 1. The Morgan fingerprint density at radius 1 is 1.24 bits per heavy atom. The van der Waals surface area contributed by atoms with Crippen molar-refractivity contribution in [1.82, 2.24) is 5.32 Å². The minimum absolute atomic E-state index is 0.0436. The summed E-state index contributed by atoms with van der Waals surface area (Å²) in [5, 5.41) is 3.14.